The zero-order valence-electron chi connectivity index (χ0n) is 11.9. The van der Waals surface area contributed by atoms with Crippen LogP contribution in [0.5, 0.6) is 0 Å². The van der Waals surface area contributed by atoms with Gasteiger partial charge in [0, 0.05) is 34.4 Å². The van der Waals surface area contributed by atoms with E-state index < -0.39 is 0 Å². The highest BCUT2D eigenvalue weighted by molar-refractivity contribution is 7.12. The van der Waals surface area contributed by atoms with Crippen LogP contribution in [0.4, 0.5) is 0 Å². The zero-order chi connectivity index (χ0) is 14.1. The van der Waals surface area contributed by atoms with Gasteiger partial charge in [0.25, 0.3) is 0 Å². The second-order valence-electron chi connectivity index (χ2n) is 5.61. The third-order valence-corrected chi connectivity index (χ3v) is 5.39. The Bertz CT molecular complexity index is 749. The third kappa shape index (κ3) is 2.59. The molecule has 2 aromatic heterocycles. The summed E-state index contributed by atoms with van der Waals surface area (Å²) in [6.45, 7) is 1.86. The van der Waals surface area contributed by atoms with Crippen LogP contribution < -0.4 is 5.32 Å². The predicted octanol–water partition coefficient (Wildman–Crippen LogP) is 4.07. The van der Waals surface area contributed by atoms with Gasteiger partial charge in [-0.15, -0.1) is 11.3 Å². The van der Waals surface area contributed by atoms with Crippen LogP contribution in [0.25, 0.3) is 10.9 Å². The molecule has 0 amide bonds. The van der Waals surface area contributed by atoms with Crippen LogP contribution in [0.1, 0.15) is 27.3 Å². The van der Waals surface area contributed by atoms with Crippen LogP contribution in [-0.2, 0) is 25.9 Å². The molecule has 3 aromatic rings. The summed E-state index contributed by atoms with van der Waals surface area (Å²) in [5.41, 5.74) is 3.99. The van der Waals surface area contributed by atoms with Crippen LogP contribution in [0.2, 0.25) is 0 Å². The van der Waals surface area contributed by atoms with Gasteiger partial charge >= 0.3 is 0 Å². The highest BCUT2D eigenvalue weighted by atomic mass is 32.1. The van der Waals surface area contributed by atoms with Crippen LogP contribution in [0, 0.1) is 0 Å². The van der Waals surface area contributed by atoms with Crippen LogP contribution in [0.15, 0.2) is 42.6 Å². The van der Waals surface area contributed by atoms with Gasteiger partial charge < -0.3 is 5.32 Å². The Labute approximate surface area is 128 Å². The number of nitrogens with zero attached hydrogens (tertiary/aromatic N) is 1. The van der Waals surface area contributed by atoms with E-state index in [0.29, 0.717) is 0 Å². The van der Waals surface area contributed by atoms with Gasteiger partial charge in [0.05, 0.1) is 5.52 Å². The molecule has 0 atom stereocenters. The molecule has 0 saturated heterocycles. The SMILES string of the molecule is c1ccc2c(CNCc3cc4c(s3)CCC4)ccnc2c1. The first-order valence-corrected chi connectivity index (χ1v) is 8.35. The molecule has 0 radical (unpaired) electrons. The van der Waals surface area contributed by atoms with Gasteiger partial charge in [-0.2, -0.15) is 0 Å². The van der Waals surface area contributed by atoms with Crippen LogP contribution >= 0.6 is 11.3 Å². The Morgan fingerprint density at radius 3 is 3.00 bits per heavy atom. The Balaban J connectivity index is 1.46. The molecule has 0 saturated carbocycles. The number of fused-ring (bicyclic) bond motifs is 2. The fourth-order valence-corrected chi connectivity index (χ4v) is 4.34. The summed E-state index contributed by atoms with van der Waals surface area (Å²) in [5, 5.41) is 4.83. The maximum Gasteiger partial charge on any atom is 0.0705 e. The molecular formula is C18H18N2S. The largest absolute Gasteiger partial charge is 0.308 e. The van der Waals surface area contributed by atoms with E-state index in [-0.39, 0.29) is 0 Å². The van der Waals surface area contributed by atoms with Crippen molar-refractivity contribution in [1.82, 2.24) is 10.3 Å². The molecule has 0 fully saturated rings. The van der Waals surface area contributed by atoms with Gasteiger partial charge in [-0.3, -0.25) is 4.98 Å². The number of hydrogen-bond acceptors (Lipinski definition) is 3. The van der Waals surface area contributed by atoms with Gasteiger partial charge in [0.1, 0.15) is 0 Å². The average molecular weight is 294 g/mol. The minimum atomic E-state index is 0.894. The van der Waals surface area contributed by atoms with Gasteiger partial charge in [-0.25, -0.2) is 0 Å². The van der Waals surface area contributed by atoms with E-state index >= 15 is 0 Å². The molecule has 0 bridgehead atoms. The van der Waals surface area contributed by atoms with E-state index in [2.05, 4.69) is 40.6 Å². The number of aromatic nitrogens is 1. The number of benzene rings is 1. The summed E-state index contributed by atoms with van der Waals surface area (Å²) >= 11 is 1.99. The van der Waals surface area contributed by atoms with Gasteiger partial charge in [0.2, 0.25) is 0 Å². The first-order valence-electron chi connectivity index (χ1n) is 7.54. The van der Waals surface area contributed by atoms with Crippen molar-refractivity contribution in [2.75, 3.05) is 0 Å². The Morgan fingerprint density at radius 2 is 2.05 bits per heavy atom. The molecule has 21 heavy (non-hydrogen) atoms. The second kappa shape index (κ2) is 5.58. The van der Waals surface area contributed by atoms with Crippen molar-refractivity contribution in [1.29, 1.82) is 0 Å². The van der Waals surface area contributed by atoms with E-state index in [1.165, 1.54) is 35.1 Å². The van der Waals surface area contributed by atoms with Gasteiger partial charge in [-0.1, -0.05) is 18.2 Å². The quantitative estimate of drug-likeness (QED) is 0.784. The lowest BCUT2D eigenvalue weighted by Crippen LogP contribution is -2.12. The molecule has 4 rings (SSSR count). The van der Waals surface area contributed by atoms with E-state index in [0.717, 1.165) is 18.6 Å². The van der Waals surface area contributed by atoms with Crippen molar-refractivity contribution in [2.24, 2.45) is 0 Å². The van der Waals surface area contributed by atoms with Crippen molar-refractivity contribution in [2.45, 2.75) is 32.4 Å². The topological polar surface area (TPSA) is 24.9 Å². The summed E-state index contributed by atoms with van der Waals surface area (Å²) in [7, 11) is 0. The number of para-hydroxylation sites is 1. The standard InChI is InChI=1S/C18H18N2S/c1-2-6-17-16(5-1)14(8-9-20-17)11-19-12-15-10-13-4-3-7-18(13)21-15/h1-2,5-6,8-10,19H,3-4,7,11-12H2. The van der Waals surface area contributed by atoms with Crippen molar-refractivity contribution in [3.63, 3.8) is 0 Å². The highest BCUT2D eigenvalue weighted by Crippen LogP contribution is 2.30. The number of rotatable bonds is 4. The lowest BCUT2D eigenvalue weighted by molar-refractivity contribution is 0.703. The van der Waals surface area contributed by atoms with Crippen molar-refractivity contribution >= 4 is 22.2 Å². The molecule has 0 unspecified atom stereocenters. The number of hydrogen-bond donors (Lipinski definition) is 1. The Morgan fingerprint density at radius 1 is 1.10 bits per heavy atom. The number of thiophene rings is 1. The summed E-state index contributed by atoms with van der Waals surface area (Å²) in [6.07, 6.45) is 5.81. The molecule has 1 aromatic carbocycles. The summed E-state index contributed by atoms with van der Waals surface area (Å²) in [6, 6.07) is 12.9. The first-order chi connectivity index (χ1) is 10.4. The van der Waals surface area contributed by atoms with E-state index in [1.807, 2.05) is 23.6 Å². The second-order valence-corrected chi connectivity index (χ2v) is 6.83. The Kier molecular flexibility index (Phi) is 3.45. The smallest absolute Gasteiger partial charge is 0.0705 e. The highest BCUT2D eigenvalue weighted by Gasteiger charge is 2.14. The molecule has 2 heterocycles. The lowest BCUT2D eigenvalue weighted by atomic mass is 10.1. The average Bonchev–Trinajstić information content (AvgIpc) is 3.09. The molecule has 3 heteroatoms. The van der Waals surface area contributed by atoms with Crippen LogP contribution in [0.3, 0.4) is 0 Å². The van der Waals surface area contributed by atoms with Crippen LogP contribution in [-0.4, -0.2) is 4.98 Å². The molecule has 1 aliphatic carbocycles. The number of pyridine rings is 1. The molecule has 2 nitrogen and oxygen atoms in total. The monoisotopic (exact) mass is 294 g/mol. The van der Waals surface area contributed by atoms with Gasteiger partial charge in [-0.05, 0) is 48.6 Å². The van der Waals surface area contributed by atoms with E-state index in [4.69, 9.17) is 0 Å². The van der Waals surface area contributed by atoms with Crippen molar-refractivity contribution in [3.05, 3.63) is 63.5 Å². The number of aryl methyl sites for hydroxylation is 2. The van der Waals surface area contributed by atoms with E-state index in [1.54, 1.807) is 10.4 Å². The van der Waals surface area contributed by atoms with Crippen molar-refractivity contribution < 1.29 is 0 Å². The lowest BCUT2D eigenvalue weighted by Gasteiger charge is -2.07. The molecule has 0 spiro atoms. The van der Waals surface area contributed by atoms with Crippen molar-refractivity contribution in [3.8, 4) is 0 Å². The molecule has 1 aliphatic rings. The maximum absolute atomic E-state index is 4.42. The summed E-state index contributed by atoms with van der Waals surface area (Å²) in [4.78, 5) is 7.50. The van der Waals surface area contributed by atoms with E-state index in [9.17, 15) is 0 Å². The fourth-order valence-electron chi connectivity index (χ4n) is 3.11. The Hall–Kier alpha value is -1.71. The molecule has 106 valence electrons. The fraction of sp³-hybridized carbons (Fsp3) is 0.278. The normalized spacial score (nSPS) is 13.7. The zero-order valence-corrected chi connectivity index (χ0v) is 12.7. The molecule has 0 aliphatic heterocycles. The molecular weight excluding hydrogens is 276 g/mol. The predicted molar refractivity (Wildman–Crippen MR) is 88.6 cm³/mol. The van der Waals surface area contributed by atoms with Gasteiger partial charge in [0.15, 0.2) is 0 Å². The minimum absolute atomic E-state index is 0.894. The summed E-state index contributed by atoms with van der Waals surface area (Å²) in [5.74, 6) is 0. The molecule has 1 N–H and O–H groups in total. The maximum atomic E-state index is 4.42. The summed E-state index contributed by atoms with van der Waals surface area (Å²) < 4.78 is 0. The number of nitrogens with one attached hydrogen (secondary N) is 1. The minimum Gasteiger partial charge on any atom is -0.308 e. The third-order valence-electron chi connectivity index (χ3n) is 4.15. The first kappa shape index (κ1) is 13.0.